The first-order chi connectivity index (χ1) is 7.45. The average molecular weight is 229 g/mol. The molecule has 1 fully saturated rings. The molecule has 2 heteroatoms. The fourth-order valence-electron chi connectivity index (χ4n) is 1.54. The van der Waals surface area contributed by atoms with Crippen molar-refractivity contribution in [3.63, 3.8) is 0 Å². The summed E-state index contributed by atoms with van der Waals surface area (Å²) in [6, 6.07) is 0. The van der Waals surface area contributed by atoms with Crippen LogP contribution in [0, 0.1) is 11.8 Å². The van der Waals surface area contributed by atoms with Crippen LogP contribution in [0.4, 0.5) is 0 Å². The van der Waals surface area contributed by atoms with Gasteiger partial charge in [0.2, 0.25) is 0 Å². The molecule has 1 rings (SSSR count). The number of rotatable bonds is 2. The Bertz CT molecular complexity index is 148. The third kappa shape index (κ3) is 10.2. The Morgan fingerprint density at radius 1 is 0.938 bits per heavy atom. The highest BCUT2D eigenvalue weighted by atomic mass is 16.1. The van der Waals surface area contributed by atoms with Gasteiger partial charge in [-0.05, 0) is 33.0 Å². The number of carbonyl (C=O) groups is 1. The van der Waals surface area contributed by atoms with E-state index in [0.29, 0.717) is 5.78 Å². The van der Waals surface area contributed by atoms with E-state index in [2.05, 4.69) is 11.9 Å². The summed E-state index contributed by atoms with van der Waals surface area (Å²) in [4.78, 5) is 13.2. The number of ketones is 1. The van der Waals surface area contributed by atoms with Crippen molar-refractivity contribution in [2.24, 2.45) is 11.8 Å². The van der Waals surface area contributed by atoms with E-state index in [4.69, 9.17) is 0 Å². The van der Waals surface area contributed by atoms with Gasteiger partial charge in [-0.25, -0.2) is 0 Å². The van der Waals surface area contributed by atoms with E-state index in [-0.39, 0.29) is 11.8 Å². The van der Waals surface area contributed by atoms with Crippen LogP contribution in [0.2, 0.25) is 0 Å². The first kappa shape index (κ1) is 18.0. The Balaban J connectivity index is 0. The molecule has 1 aliphatic heterocycles. The fraction of sp³-hybridized carbons (Fsp3) is 0.929. The Labute approximate surface area is 102 Å². The highest BCUT2D eigenvalue weighted by Crippen LogP contribution is 2.03. The Morgan fingerprint density at radius 3 is 1.31 bits per heavy atom. The summed E-state index contributed by atoms with van der Waals surface area (Å²) in [5.74, 6) is 0.759. The van der Waals surface area contributed by atoms with Crippen molar-refractivity contribution in [2.45, 2.75) is 54.4 Å². The van der Waals surface area contributed by atoms with E-state index < -0.39 is 0 Å². The van der Waals surface area contributed by atoms with Gasteiger partial charge in [-0.15, -0.1) is 0 Å². The standard InChI is InChI=1S/C7H14O.C5H11N.C2H6/c1-5(2)7(8)6(3)4;1-6-4-2-3-5-6;1-2/h5-6H,1-4H3;2-5H2,1H3;1-2H3. The number of Topliss-reactive ketones (excluding diaryl/α,β-unsaturated/α-hetero) is 1. The monoisotopic (exact) mass is 229 g/mol. The number of nitrogens with zero attached hydrogens (tertiary/aromatic N) is 1. The van der Waals surface area contributed by atoms with Gasteiger partial charge in [-0.1, -0.05) is 41.5 Å². The second-order valence-electron chi connectivity index (χ2n) is 4.72. The molecule has 0 unspecified atom stereocenters. The van der Waals surface area contributed by atoms with Crippen molar-refractivity contribution in [2.75, 3.05) is 20.1 Å². The van der Waals surface area contributed by atoms with Crippen molar-refractivity contribution >= 4 is 5.78 Å². The van der Waals surface area contributed by atoms with E-state index >= 15 is 0 Å². The molecular formula is C14H31NO. The third-order valence-corrected chi connectivity index (χ3v) is 2.47. The molecule has 0 radical (unpaired) electrons. The van der Waals surface area contributed by atoms with E-state index in [9.17, 15) is 4.79 Å². The second-order valence-corrected chi connectivity index (χ2v) is 4.72. The molecule has 0 aliphatic carbocycles. The minimum atomic E-state index is 0.204. The predicted molar refractivity (Wildman–Crippen MR) is 72.8 cm³/mol. The normalized spacial score (nSPS) is 15.3. The molecule has 0 aromatic heterocycles. The fourth-order valence-corrected chi connectivity index (χ4v) is 1.54. The molecule has 1 saturated heterocycles. The maximum absolute atomic E-state index is 10.8. The van der Waals surface area contributed by atoms with Crippen LogP contribution in [0.25, 0.3) is 0 Å². The predicted octanol–water partition coefficient (Wildman–Crippen LogP) is 3.61. The Kier molecular flexibility index (Phi) is 12.5. The SMILES string of the molecule is CC.CC(C)C(=O)C(C)C.CN1CCCC1. The van der Waals surface area contributed by atoms with Crippen molar-refractivity contribution in [1.82, 2.24) is 4.90 Å². The smallest absolute Gasteiger partial charge is 0.137 e. The molecule has 0 atom stereocenters. The first-order valence-corrected chi connectivity index (χ1v) is 6.67. The van der Waals surface area contributed by atoms with Gasteiger partial charge in [-0.2, -0.15) is 0 Å². The molecule has 0 aromatic rings. The molecule has 0 N–H and O–H groups in total. The zero-order valence-electron chi connectivity index (χ0n) is 12.3. The van der Waals surface area contributed by atoms with Gasteiger partial charge in [0.15, 0.2) is 0 Å². The summed E-state index contributed by atoms with van der Waals surface area (Å²) in [5.41, 5.74) is 0. The van der Waals surface area contributed by atoms with E-state index in [0.717, 1.165) is 0 Å². The number of carbonyl (C=O) groups excluding carboxylic acids is 1. The van der Waals surface area contributed by atoms with Crippen molar-refractivity contribution in [1.29, 1.82) is 0 Å². The molecule has 0 bridgehead atoms. The van der Waals surface area contributed by atoms with Gasteiger partial charge < -0.3 is 4.90 Å². The van der Waals surface area contributed by atoms with E-state index in [1.54, 1.807) is 0 Å². The lowest BCUT2D eigenvalue weighted by Gasteiger charge is -2.05. The Morgan fingerprint density at radius 2 is 1.25 bits per heavy atom. The van der Waals surface area contributed by atoms with Gasteiger partial charge in [0, 0.05) is 11.8 Å². The van der Waals surface area contributed by atoms with Crippen LogP contribution in [-0.4, -0.2) is 30.8 Å². The summed E-state index contributed by atoms with van der Waals surface area (Å²) >= 11 is 0. The van der Waals surface area contributed by atoms with Gasteiger partial charge >= 0.3 is 0 Å². The maximum atomic E-state index is 10.8. The molecule has 2 nitrogen and oxygen atoms in total. The Hall–Kier alpha value is -0.370. The van der Waals surface area contributed by atoms with Gasteiger partial charge in [0.05, 0.1) is 0 Å². The summed E-state index contributed by atoms with van der Waals surface area (Å²) < 4.78 is 0. The van der Waals surface area contributed by atoms with Crippen LogP contribution in [-0.2, 0) is 4.79 Å². The highest BCUT2D eigenvalue weighted by Gasteiger charge is 2.09. The minimum Gasteiger partial charge on any atom is -0.306 e. The molecular weight excluding hydrogens is 198 g/mol. The summed E-state index contributed by atoms with van der Waals surface area (Å²) in [5, 5.41) is 0. The van der Waals surface area contributed by atoms with Crippen LogP contribution in [0.1, 0.15) is 54.4 Å². The van der Waals surface area contributed by atoms with Gasteiger partial charge in [0.25, 0.3) is 0 Å². The van der Waals surface area contributed by atoms with Crippen molar-refractivity contribution < 1.29 is 4.79 Å². The van der Waals surface area contributed by atoms with Crippen LogP contribution in [0.15, 0.2) is 0 Å². The second kappa shape index (κ2) is 11.1. The summed E-state index contributed by atoms with van der Waals surface area (Å²) in [6.07, 6.45) is 2.83. The quantitative estimate of drug-likeness (QED) is 0.721. The molecule has 0 aromatic carbocycles. The zero-order chi connectivity index (χ0) is 13.1. The highest BCUT2D eigenvalue weighted by molar-refractivity contribution is 5.81. The number of hydrogen-bond acceptors (Lipinski definition) is 2. The first-order valence-electron chi connectivity index (χ1n) is 6.67. The lowest BCUT2D eigenvalue weighted by atomic mass is 9.99. The van der Waals surface area contributed by atoms with Crippen LogP contribution >= 0.6 is 0 Å². The molecule has 16 heavy (non-hydrogen) atoms. The third-order valence-electron chi connectivity index (χ3n) is 2.47. The zero-order valence-corrected chi connectivity index (χ0v) is 12.3. The molecule has 0 spiro atoms. The van der Waals surface area contributed by atoms with Gasteiger partial charge in [-0.3, -0.25) is 4.79 Å². The number of hydrogen-bond donors (Lipinski definition) is 0. The van der Waals surface area contributed by atoms with Crippen LogP contribution < -0.4 is 0 Å². The lowest BCUT2D eigenvalue weighted by molar-refractivity contribution is -0.124. The maximum Gasteiger partial charge on any atom is 0.137 e. The average Bonchev–Trinajstić information content (AvgIpc) is 2.71. The van der Waals surface area contributed by atoms with E-state index in [1.165, 1.54) is 25.9 Å². The summed E-state index contributed by atoms with van der Waals surface area (Å²) in [6.45, 7) is 14.4. The van der Waals surface area contributed by atoms with Crippen LogP contribution in [0.5, 0.6) is 0 Å². The van der Waals surface area contributed by atoms with E-state index in [1.807, 2.05) is 41.5 Å². The van der Waals surface area contributed by atoms with Crippen LogP contribution in [0.3, 0.4) is 0 Å². The number of likely N-dealkylation sites (tertiary alicyclic amines) is 1. The van der Waals surface area contributed by atoms with Gasteiger partial charge in [0.1, 0.15) is 5.78 Å². The molecule has 98 valence electrons. The molecule has 0 saturated carbocycles. The molecule has 1 heterocycles. The summed E-state index contributed by atoms with van der Waals surface area (Å²) in [7, 11) is 2.17. The van der Waals surface area contributed by atoms with Crippen molar-refractivity contribution in [3.05, 3.63) is 0 Å². The molecule has 0 amide bonds. The lowest BCUT2D eigenvalue weighted by Crippen LogP contribution is -2.13. The topological polar surface area (TPSA) is 20.3 Å². The largest absolute Gasteiger partial charge is 0.306 e. The molecule has 1 aliphatic rings. The van der Waals surface area contributed by atoms with Crippen molar-refractivity contribution in [3.8, 4) is 0 Å². The minimum absolute atomic E-state index is 0.204.